The van der Waals surface area contributed by atoms with Crippen LogP contribution in [0.5, 0.6) is 0 Å². The Kier molecular flexibility index (Phi) is 8.20. The predicted molar refractivity (Wildman–Crippen MR) is 140 cm³/mol. The minimum atomic E-state index is -3.75. The van der Waals surface area contributed by atoms with E-state index in [-0.39, 0.29) is 23.1 Å². The first-order valence-electron chi connectivity index (χ1n) is 11.8. The third-order valence-corrected chi connectivity index (χ3v) is 7.85. The van der Waals surface area contributed by atoms with Gasteiger partial charge in [0.05, 0.1) is 11.4 Å². The summed E-state index contributed by atoms with van der Waals surface area (Å²) in [6.45, 7) is 8.15. The second-order valence-corrected chi connectivity index (χ2v) is 12.5. The van der Waals surface area contributed by atoms with Crippen molar-refractivity contribution in [1.82, 2.24) is 10.2 Å². The Balaban J connectivity index is 1.76. The molecule has 0 aliphatic carbocycles. The van der Waals surface area contributed by atoms with Crippen molar-refractivity contribution in [3.8, 4) is 0 Å². The van der Waals surface area contributed by atoms with Crippen LogP contribution in [0.4, 0.5) is 0 Å². The fourth-order valence-corrected chi connectivity index (χ4v) is 5.51. The molecule has 1 heterocycles. The number of carbonyl (C=O) groups excluding carboxylic acids is 2. The standard InChI is InChI=1S/C26H34ClN3O5S/c1-17(2)22(29-23(31)19-7-5-6-18(14-19)15-36(28,34)35)24(32)30-13-12-26(33,25(3,4)16-30)20-8-10-21(27)11-9-20/h5-11,14,17,22,33H,12-13,15-16H2,1-4H3,(H,29,31)(H2,28,34,35). The number of likely N-dealkylation sites (tertiary alicyclic amines) is 1. The zero-order valence-electron chi connectivity index (χ0n) is 21.0. The third kappa shape index (κ3) is 6.26. The first-order chi connectivity index (χ1) is 16.6. The van der Waals surface area contributed by atoms with Gasteiger partial charge in [0.25, 0.3) is 5.91 Å². The molecule has 3 rings (SSSR count). The van der Waals surface area contributed by atoms with Crippen LogP contribution in [0.2, 0.25) is 5.02 Å². The molecule has 36 heavy (non-hydrogen) atoms. The summed E-state index contributed by atoms with van der Waals surface area (Å²) in [4.78, 5) is 28.2. The van der Waals surface area contributed by atoms with Gasteiger partial charge in [0.2, 0.25) is 15.9 Å². The Bertz CT molecular complexity index is 1230. The van der Waals surface area contributed by atoms with Crippen LogP contribution >= 0.6 is 11.6 Å². The number of sulfonamides is 1. The van der Waals surface area contributed by atoms with E-state index in [2.05, 4.69) is 5.32 Å². The number of amides is 2. The smallest absolute Gasteiger partial charge is 0.251 e. The zero-order valence-corrected chi connectivity index (χ0v) is 22.6. The summed E-state index contributed by atoms with van der Waals surface area (Å²) in [7, 11) is -3.75. The van der Waals surface area contributed by atoms with Crippen LogP contribution in [-0.4, -0.2) is 49.4 Å². The largest absolute Gasteiger partial charge is 0.384 e. The van der Waals surface area contributed by atoms with Crippen LogP contribution in [0, 0.1) is 11.3 Å². The molecule has 1 fully saturated rings. The van der Waals surface area contributed by atoms with E-state index < -0.39 is 33.0 Å². The number of piperidine rings is 1. The van der Waals surface area contributed by atoms with E-state index in [4.69, 9.17) is 16.7 Å². The number of hydrogen-bond acceptors (Lipinski definition) is 5. The Labute approximate surface area is 217 Å². The number of halogens is 1. The summed E-state index contributed by atoms with van der Waals surface area (Å²) >= 11 is 6.02. The minimum Gasteiger partial charge on any atom is -0.384 e. The molecule has 4 N–H and O–H groups in total. The fourth-order valence-electron chi connectivity index (χ4n) is 4.74. The second kappa shape index (κ2) is 10.5. The third-order valence-electron chi connectivity index (χ3n) is 6.86. The van der Waals surface area contributed by atoms with Gasteiger partial charge in [0.15, 0.2) is 0 Å². The Morgan fingerprint density at radius 1 is 1.17 bits per heavy atom. The lowest BCUT2D eigenvalue weighted by Gasteiger charge is -2.51. The van der Waals surface area contributed by atoms with Gasteiger partial charge >= 0.3 is 0 Å². The van der Waals surface area contributed by atoms with Crippen LogP contribution < -0.4 is 10.5 Å². The van der Waals surface area contributed by atoms with Crippen molar-refractivity contribution in [2.45, 2.75) is 51.5 Å². The summed E-state index contributed by atoms with van der Waals surface area (Å²) < 4.78 is 22.8. The highest BCUT2D eigenvalue weighted by molar-refractivity contribution is 7.88. The molecule has 1 aliphatic rings. The van der Waals surface area contributed by atoms with Gasteiger partial charge in [0.1, 0.15) is 6.04 Å². The highest BCUT2D eigenvalue weighted by Crippen LogP contribution is 2.46. The van der Waals surface area contributed by atoms with Gasteiger partial charge < -0.3 is 15.3 Å². The maximum absolute atomic E-state index is 13.6. The Morgan fingerprint density at radius 2 is 1.81 bits per heavy atom. The van der Waals surface area contributed by atoms with Crippen LogP contribution in [0.25, 0.3) is 0 Å². The number of hydrogen-bond donors (Lipinski definition) is 3. The number of rotatable bonds is 7. The van der Waals surface area contributed by atoms with Gasteiger partial charge in [0, 0.05) is 29.1 Å². The highest BCUT2D eigenvalue weighted by atomic mass is 35.5. The number of carbonyl (C=O) groups is 2. The van der Waals surface area contributed by atoms with Gasteiger partial charge in [-0.3, -0.25) is 9.59 Å². The molecular formula is C26H34ClN3O5S. The molecule has 0 spiro atoms. The van der Waals surface area contributed by atoms with Gasteiger partial charge in [-0.2, -0.15) is 0 Å². The van der Waals surface area contributed by atoms with Crippen molar-refractivity contribution in [3.05, 3.63) is 70.2 Å². The molecular weight excluding hydrogens is 502 g/mol. The van der Waals surface area contributed by atoms with E-state index in [0.717, 1.165) is 5.56 Å². The lowest BCUT2D eigenvalue weighted by molar-refractivity contribution is -0.155. The number of aliphatic hydroxyl groups is 1. The van der Waals surface area contributed by atoms with Gasteiger partial charge in [-0.1, -0.05) is 63.6 Å². The molecule has 0 radical (unpaired) electrons. The second-order valence-electron chi connectivity index (χ2n) is 10.5. The number of nitrogens with zero attached hydrogens (tertiary/aromatic N) is 1. The topological polar surface area (TPSA) is 130 Å². The van der Waals surface area contributed by atoms with Crippen molar-refractivity contribution in [2.75, 3.05) is 13.1 Å². The minimum absolute atomic E-state index is 0.200. The average molecular weight is 536 g/mol. The molecule has 2 amide bonds. The summed E-state index contributed by atoms with van der Waals surface area (Å²) in [6, 6.07) is 12.5. The Hall–Kier alpha value is -2.46. The van der Waals surface area contributed by atoms with Crippen LogP contribution in [0.15, 0.2) is 48.5 Å². The first kappa shape index (κ1) is 28.1. The van der Waals surface area contributed by atoms with Crippen LogP contribution in [-0.2, 0) is 26.2 Å². The van der Waals surface area contributed by atoms with Crippen molar-refractivity contribution in [2.24, 2.45) is 16.5 Å². The fraction of sp³-hybridized carbons (Fsp3) is 0.462. The molecule has 8 nitrogen and oxygen atoms in total. The average Bonchev–Trinajstić information content (AvgIpc) is 2.78. The summed E-state index contributed by atoms with van der Waals surface area (Å²) in [5, 5.41) is 20.1. The molecule has 0 bridgehead atoms. The van der Waals surface area contributed by atoms with E-state index in [1.54, 1.807) is 35.2 Å². The quantitative estimate of drug-likeness (QED) is 0.501. The molecule has 0 saturated carbocycles. The Morgan fingerprint density at radius 3 is 2.36 bits per heavy atom. The van der Waals surface area contributed by atoms with E-state index >= 15 is 0 Å². The van der Waals surface area contributed by atoms with Gasteiger partial charge in [-0.05, 0) is 47.7 Å². The van der Waals surface area contributed by atoms with E-state index in [1.165, 1.54) is 6.07 Å². The van der Waals surface area contributed by atoms with E-state index in [0.29, 0.717) is 30.1 Å². The summed E-state index contributed by atoms with van der Waals surface area (Å²) in [6.07, 6.45) is 0.335. The maximum atomic E-state index is 13.6. The van der Waals surface area contributed by atoms with Crippen molar-refractivity contribution in [3.63, 3.8) is 0 Å². The normalized spacial score (nSPS) is 20.7. The van der Waals surface area contributed by atoms with Crippen LogP contribution in [0.1, 0.15) is 55.6 Å². The van der Waals surface area contributed by atoms with E-state index in [9.17, 15) is 23.1 Å². The lowest BCUT2D eigenvalue weighted by atomic mass is 9.66. The van der Waals surface area contributed by atoms with Gasteiger partial charge in [-0.15, -0.1) is 0 Å². The maximum Gasteiger partial charge on any atom is 0.251 e. The predicted octanol–water partition coefficient (Wildman–Crippen LogP) is 3.03. The molecule has 10 heteroatoms. The van der Waals surface area contributed by atoms with E-state index in [1.807, 2.05) is 39.8 Å². The van der Waals surface area contributed by atoms with Crippen molar-refractivity contribution < 1.29 is 23.1 Å². The number of benzene rings is 2. The molecule has 0 aromatic heterocycles. The number of primary sulfonamides is 1. The number of nitrogens with two attached hydrogens (primary N) is 1. The summed E-state index contributed by atoms with van der Waals surface area (Å²) in [5.41, 5.74) is -0.434. The highest BCUT2D eigenvalue weighted by Gasteiger charge is 2.50. The van der Waals surface area contributed by atoms with Crippen molar-refractivity contribution in [1.29, 1.82) is 0 Å². The van der Waals surface area contributed by atoms with Crippen LogP contribution in [0.3, 0.4) is 0 Å². The first-order valence-corrected chi connectivity index (χ1v) is 13.9. The molecule has 2 unspecified atom stereocenters. The monoisotopic (exact) mass is 535 g/mol. The van der Waals surface area contributed by atoms with Crippen molar-refractivity contribution >= 4 is 33.4 Å². The summed E-state index contributed by atoms with van der Waals surface area (Å²) in [5.74, 6) is -1.30. The lowest BCUT2D eigenvalue weighted by Crippen LogP contribution is -2.60. The molecule has 196 valence electrons. The molecule has 2 aromatic rings. The van der Waals surface area contributed by atoms with Gasteiger partial charge in [-0.25, -0.2) is 13.6 Å². The molecule has 1 aliphatic heterocycles. The SMILES string of the molecule is CC(C)C(NC(=O)c1cccc(CS(N)(=O)=O)c1)C(=O)N1CCC(O)(c2ccc(Cl)cc2)C(C)(C)C1. The number of nitrogens with one attached hydrogen (secondary N) is 1. The zero-order chi connectivity index (χ0) is 26.9. The molecule has 2 atom stereocenters. The molecule has 2 aromatic carbocycles. The molecule has 1 saturated heterocycles.